The number of nitrogens with one attached hydrogen (secondary N) is 1. The predicted molar refractivity (Wildman–Crippen MR) is 129 cm³/mol. The summed E-state index contributed by atoms with van der Waals surface area (Å²) in [4.78, 5) is 12.0. The van der Waals surface area contributed by atoms with Crippen LogP contribution in [0.25, 0.3) is 33.2 Å². The Kier molecular flexibility index (Phi) is 4.82. The Hall–Kier alpha value is -3.19. The summed E-state index contributed by atoms with van der Waals surface area (Å²) < 4.78 is 1.74. The Balaban J connectivity index is 1.44. The molecule has 1 aliphatic heterocycles. The van der Waals surface area contributed by atoms with E-state index in [0.717, 1.165) is 46.5 Å². The van der Waals surface area contributed by atoms with Crippen LogP contribution in [0.4, 0.5) is 5.82 Å². The summed E-state index contributed by atoms with van der Waals surface area (Å²) in [5.41, 5.74) is 3.94. The summed E-state index contributed by atoms with van der Waals surface area (Å²) in [7, 11) is 1.87. The lowest BCUT2D eigenvalue weighted by Crippen LogP contribution is -2.47. The number of rotatable bonds is 3. The van der Waals surface area contributed by atoms with Crippen molar-refractivity contribution in [2.45, 2.75) is 39.3 Å². The van der Waals surface area contributed by atoms with Crippen molar-refractivity contribution < 1.29 is 5.11 Å². The number of pyridine rings is 2. The van der Waals surface area contributed by atoms with Crippen molar-refractivity contribution in [3.05, 3.63) is 42.6 Å². The van der Waals surface area contributed by atoms with Crippen LogP contribution in [0.2, 0.25) is 0 Å². The van der Waals surface area contributed by atoms with Gasteiger partial charge in [0.2, 0.25) is 0 Å². The zero-order valence-electron chi connectivity index (χ0n) is 19.3. The van der Waals surface area contributed by atoms with Crippen molar-refractivity contribution in [2.75, 3.05) is 18.0 Å². The van der Waals surface area contributed by atoms with Gasteiger partial charge in [0, 0.05) is 54.9 Å². The minimum atomic E-state index is 0.0937. The molecule has 0 bridgehead atoms. The number of anilines is 1. The molecule has 0 unspecified atom stereocenters. The highest BCUT2D eigenvalue weighted by Gasteiger charge is 2.32. The second kappa shape index (κ2) is 7.45. The first-order valence-corrected chi connectivity index (χ1v) is 11.1. The van der Waals surface area contributed by atoms with Gasteiger partial charge in [-0.3, -0.25) is 4.68 Å². The molecule has 1 saturated heterocycles. The first-order chi connectivity index (χ1) is 15.2. The molecule has 3 aromatic heterocycles. The SMILES string of the molecule is C[C@@H]1CN(c2ccc3nc(-c4cc5cn(C)nc5cc4O)ccc3n2)C[C@@H]1NC(C)(C)C. The topological polar surface area (TPSA) is 79.1 Å². The molecule has 0 saturated carbocycles. The van der Waals surface area contributed by atoms with Gasteiger partial charge in [0.05, 0.1) is 22.2 Å². The zero-order valence-corrected chi connectivity index (χ0v) is 19.3. The molecular formula is C25H30N6O. The van der Waals surface area contributed by atoms with Crippen LogP contribution in [-0.4, -0.2) is 49.5 Å². The van der Waals surface area contributed by atoms with Crippen LogP contribution < -0.4 is 10.2 Å². The lowest BCUT2D eigenvalue weighted by atomic mass is 10.0. The molecule has 2 atom stereocenters. The number of hydrogen-bond acceptors (Lipinski definition) is 6. The van der Waals surface area contributed by atoms with E-state index in [0.29, 0.717) is 17.5 Å². The molecule has 0 amide bonds. The van der Waals surface area contributed by atoms with Crippen molar-refractivity contribution >= 4 is 27.8 Å². The number of benzene rings is 1. The first kappa shape index (κ1) is 20.7. The average Bonchev–Trinajstić information content (AvgIpc) is 3.26. The van der Waals surface area contributed by atoms with Crippen molar-refractivity contribution in [1.29, 1.82) is 0 Å². The lowest BCUT2D eigenvalue weighted by Gasteiger charge is -2.28. The Morgan fingerprint density at radius 2 is 1.75 bits per heavy atom. The second-order valence-electron chi connectivity index (χ2n) is 10.0. The number of phenolic OH excluding ortho intramolecular Hbond substituents is 1. The molecular weight excluding hydrogens is 400 g/mol. The number of hydrogen-bond donors (Lipinski definition) is 2. The van der Waals surface area contributed by atoms with Gasteiger partial charge in [0.15, 0.2) is 0 Å². The second-order valence-corrected chi connectivity index (χ2v) is 10.0. The standard InChI is InChI=1S/C25H30N6O/c1-15-12-31(14-22(15)28-25(2,3)4)24-9-8-19-20(27-24)7-6-18(26-19)17-10-16-13-30(5)29-21(16)11-23(17)32/h6-11,13,15,22,28,32H,12,14H2,1-5H3/t15-,22+/m1/s1. The highest BCUT2D eigenvalue weighted by Crippen LogP contribution is 2.33. The van der Waals surface area contributed by atoms with Crippen LogP contribution in [0.3, 0.4) is 0 Å². The monoisotopic (exact) mass is 430 g/mol. The molecule has 4 heterocycles. The molecule has 0 radical (unpaired) electrons. The van der Waals surface area contributed by atoms with Crippen LogP contribution >= 0.6 is 0 Å². The van der Waals surface area contributed by atoms with E-state index >= 15 is 0 Å². The van der Waals surface area contributed by atoms with Crippen LogP contribution in [0.5, 0.6) is 5.75 Å². The molecule has 1 aliphatic rings. The minimum Gasteiger partial charge on any atom is -0.507 e. The van der Waals surface area contributed by atoms with E-state index in [1.54, 1.807) is 10.7 Å². The van der Waals surface area contributed by atoms with Crippen molar-refractivity contribution in [2.24, 2.45) is 13.0 Å². The summed E-state index contributed by atoms with van der Waals surface area (Å²) >= 11 is 0. The summed E-state index contributed by atoms with van der Waals surface area (Å²) in [5.74, 6) is 1.71. The maximum atomic E-state index is 10.5. The third-order valence-corrected chi connectivity index (χ3v) is 6.09. The van der Waals surface area contributed by atoms with E-state index in [4.69, 9.17) is 9.97 Å². The first-order valence-electron chi connectivity index (χ1n) is 11.1. The smallest absolute Gasteiger partial charge is 0.129 e. The summed E-state index contributed by atoms with van der Waals surface area (Å²) in [6.45, 7) is 10.9. The van der Waals surface area contributed by atoms with Gasteiger partial charge < -0.3 is 15.3 Å². The van der Waals surface area contributed by atoms with Gasteiger partial charge in [-0.15, -0.1) is 0 Å². The van der Waals surface area contributed by atoms with E-state index in [2.05, 4.69) is 49.1 Å². The highest BCUT2D eigenvalue weighted by atomic mass is 16.3. The van der Waals surface area contributed by atoms with Gasteiger partial charge >= 0.3 is 0 Å². The van der Waals surface area contributed by atoms with Gasteiger partial charge in [-0.25, -0.2) is 9.97 Å². The molecule has 1 aromatic carbocycles. The molecule has 1 fully saturated rings. The predicted octanol–water partition coefficient (Wildman–Crippen LogP) is 4.10. The molecule has 32 heavy (non-hydrogen) atoms. The molecule has 2 N–H and O–H groups in total. The normalized spacial score (nSPS) is 19.3. The molecule has 0 aliphatic carbocycles. The number of aromatic hydroxyl groups is 1. The van der Waals surface area contributed by atoms with E-state index in [9.17, 15) is 5.11 Å². The van der Waals surface area contributed by atoms with Crippen LogP contribution in [0, 0.1) is 5.92 Å². The Bertz CT molecular complexity index is 1310. The van der Waals surface area contributed by atoms with Crippen LogP contribution in [0.1, 0.15) is 27.7 Å². The summed E-state index contributed by atoms with van der Waals surface area (Å²) in [5, 5.41) is 19.6. The van der Waals surface area contributed by atoms with Gasteiger partial charge in [0.1, 0.15) is 11.6 Å². The van der Waals surface area contributed by atoms with Gasteiger partial charge in [-0.1, -0.05) is 6.92 Å². The maximum Gasteiger partial charge on any atom is 0.129 e. The molecule has 7 heteroatoms. The largest absolute Gasteiger partial charge is 0.507 e. The quantitative estimate of drug-likeness (QED) is 0.509. The molecule has 4 aromatic rings. The van der Waals surface area contributed by atoms with Crippen molar-refractivity contribution in [3.8, 4) is 17.0 Å². The van der Waals surface area contributed by atoms with E-state index < -0.39 is 0 Å². The number of aromatic nitrogens is 4. The maximum absolute atomic E-state index is 10.5. The van der Waals surface area contributed by atoms with Gasteiger partial charge in [-0.05, 0) is 57.0 Å². The van der Waals surface area contributed by atoms with Gasteiger partial charge in [0.25, 0.3) is 0 Å². The number of nitrogens with zero attached hydrogens (tertiary/aromatic N) is 5. The molecule has 166 valence electrons. The van der Waals surface area contributed by atoms with E-state index in [-0.39, 0.29) is 11.3 Å². The molecule has 7 nitrogen and oxygen atoms in total. The average molecular weight is 431 g/mol. The third-order valence-electron chi connectivity index (χ3n) is 6.09. The van der Waals surface area contributed by atoms with Crippen molar-refractivity contribution in [3.63, 3.8) is 0 Å². The number of fused-ring (bicyclic) bond motifs is 2. The zero-order chi connectivity index (χ0) is 22.6. The third kappa shape index (κ3) is 3.88. The van der Waals surface area contributed by atoms with Crippen molar-refractivity contribution in [1.82, 2.24) is 25.1 Å². The fraction of sp³-hybridized carbons (Fsp3) is 0.400. The molecule has 5 rings (SSSR count). The number of phenols is 1. The Morgan fingerprint density at radius 3 is 2.53 bits per heavy atom. The summed E-state index contributed by atoms with van der Waals surface area (Å²) in [6, 6.07) is 12.0. The fourth-order valence-corrected chi connectivity index (χ4v) is 4.61. The van der Waals surface area contributed by atoms with Gasteiger partial charge in [-0.2, -0.15) is 5.10 Å². The lowest BCUT2D eigenvalue weighted by molar-refractivity contribution is 0.334. The van der Waals surface area contributed by atoms with Crippen LogP contribution in [0.15, 0.2) is 42.6 Å². The Morgan fingerprint density at radius 1 is 1.00 bits per heavy atom. The summed E-state index contributed by atoms with van der Waals surface area (Å²) in [6.07, 6.45) is 1.94. The van der Waals surface area contributed by atoms with E-state index in [1.807, 2.05) is 37.5 Å². The fourth-order valence-electron chi connectivity index (χ4n) is 4.61. The van der Waals surface area contributed by atoms with E-state index in [1.165, 1.54) is 0 Å². The Labute approximate surface area is 188 Å². The highest BCUT2D eigenvalue weighted by molar-refractivity contribution is 5.88. The number of aryl methyl sites for hydroxylation is 1. The van der Waals surface area contributed by atoms with Crippen LogP contribution in [-0.2, 0) is 7.05 Å². The minimum absolute atomic E-state index is 0.0937. The molecule has 0 spiro atoms.